The zero-order chi connectivity index (χ0) is 30.1. The van der Waals surface area contributed by atoms with Crippen LogP contribution in [-0.2, 0) is 38.1 Å². The Morgan fingerprint density at radius 1 is 0.816 bits per heavy atom. The monoisotopic (exact) mass is 541 g/mol. The molecule has 0 aromatic carbocycles. The van der Waals surface area contributed by atoms with E-state index >= 15 is 0 Å². The van der Waals surface area contributed by atoms with E-state index in [1.165, 1.54) is 0 Å². The summed E-state index contributed by atoms with van der Waals surface area (Å²) in [5.41, 5.74) is 4.68. The maximum absolute atomic E-state index is 12.6. The third kappa shape index (κ3) is 8.07. The molecule has 1 N–H and O–H groups in total. The van der Waals surface area contributed by atoms with Gasteiger partial charge in [0.05, 0.1) is 27.6 Å². The fourth-order valence-electron chi connectivity index (χ4n) is 3.06. The standard InChI is InChI=1S/C21H33N3O7.C5H10O2/c1-18(2,3)15(25)28-10-11-13(29-16(26)19(4,5)6)12-14(21(12,31-11)23-24-22)30-17(27)20(7,8)9;1-5(2,3)4(6)7/h11-14H,10H2,1-9H3;1-3H3,(H,6,7). The fraction of sp³-hybridized carbons (Fsp3) is 0.846. The highest BCUT2D eigenvalue weighted by Gasteiger charge is 2.80. The summed E-state index contributed by atoms with van der Waals surface area (Å²) < 4.78 is 22.5. The average molecular weight is 542 g/mol. The molecule has 216 valence electrons. The Kier molecular flexibility index (Phi) is 9.69. The Bertz CT molecular complexity index is 976. The van der Waals surface area contributed by atoms with Crippen molar-refractivity contribution in [3.63, 3.8) is 0 Å². The first-order chi connectivity index (χ1) is 16.9. The SMILES string of the molecule is CC(C)(C)C(=O)O.CC(C)(C)C(=O)OCC1OC2(N=[N+]=[N-])C(OC(=O)C(C)(C)C)C2C1OC(=O)C(C)(C)C. The van der Waals surface area contributed by atoms with Crippen molar-refractivity contribution in [3.05, 3.63) is 10.4 Å². The van der Waals surface area contributed by atoms with Gasteiger partial charge in [-0.1, -0.05) is 5.11 Å². The molecule has 0 radical (unpaired) electrons. The van der Waals surface area contributed by atoms with Gasteiger partial charge in [0, 0.05) is 4.91 Å². The highest BCUT2D eigenvalue weighted by Crippen LogP contribution is 2.60. The lowest BCUT2D eigenvalue weighted by atomic mass is 9.97. The number of aliphatic carboxylic acids is 1. The minimum absolute atomic E-state index is 0.197. The Hall–Kier alpha value is -2.85. The molecule has 0 aromatic rings. The summed E-state index contributed by atoms with van der Waals surface area (Å²) in [5.74, 6) is -2.91. The predicted octanol–water partition coefficient (Wildman–Crippen LogP) is 4.64. The normalized spacial score (nSPS) is 26.5. The molecule has 2 fully saturated rings. The summed E-state index contributed by atoms with van der Waals surface area (Å²) in [6.45, 7) is 20.1. The van der Waals surface area contributed by atoms with E-state index in [9.17, 15) is 19.2 Å². The first-order valence-corrected chi connectivity index (χ1v) is 12.5. The van der Waals surface area contributed by atoms with Gasteiger partial charge >= 0.3 is 23.9 Å². The number of rotatable bonds is 5. The molecule has 5 atom stereocenters. The molecule has 12 heteroatoms. The van der Waals surface area contributed by atoms with Crippen molar-refractivity contribution in [1.82, 2.24) is 0 Å². The van der Waals surface area contributed by atoms with Crippen LogP contribution < -0.4 is 0 Å². The smallest absolute Gasteiger partial charge is 0.311 e. The highest BCUT2D eigenvalue weighted by atomic mass is 16.7. The zero-order valence-electron chi connectivity index (χ0n) is 24.6. The lowest BCUT2D eigenvalue weighted by Crippen LogP contribution is -2.42. The predicted molar refractivity (Wildman–Crippen MR) is 136 cm³/mol. The second-order valence-corrected chi connectivity index (χ2v) is 13.7. The molecule has 0 amide bonds. The Balaban J connectivity index is 0.000000905. The lowest BCUT2D eigenvalue weighted by molar-refractivity contribution is -0.179. The van der Waals surface area contributed by atoms with Gasteiger partial charge in [-0.2, -0.15) is 0 Å². The van der Waals surface area contributed by atoms with Crippen molar-refractivity contribution in [2.75, 3.05) is 6.61 Å². The van der Waals surface area contributed by atoms with Crippen LogP contribution in [-0.4, -0.2) is 59.6 Å². The van der Waals surface area contributed by atoms with E-state index in [4.69, 9.17) is 29.6 Å². The molecule has 1 saturated heterocycles. The van der Waals surface area contributed by atoms with E-state index in [0.717, 1.165) is 0 Å². The van der Waals surface area contributed by atoms with Gasteiger partial charge in [-0.3, -0.25) is 19.2 Å². The number of ether oxygens (including phenoxy) is 4. The Morgan fingerprint density at radius 2 is 1.24 bits per heavy atom. The van der Waals surface area contributed by atoms with Crippen LogP contribution in [0.5, 0.6) is 0 Å². The molecule has 1 heterocycles. The van der Waals surface area contributed by atoms with Gasteiger partial charge in [0.1, 0.15) is 24.9 Å². The van der Waals surface area contributed by atoms with Gasteiger partial charge in [0.25, 0.3) is 0 Å². The summed E-state index contributed by atoms with van der Waals surface area (Å²) in [7, 11) is 0. The van der Waals surface area contributed by atoms with Crippen molar-refractivity contribution in [2.45, 2.75) is 107 Å². The molecule has 1 saturated carbocycles. The van der Waals surface area contributed by atoms with Gasteiger partial charge in [-0.15, -0.1) is 0 Å². The molecule has 0 aromatic heterocycles. The summed E-state index contributed by atoms with van der Waals surface area (Å²) in [4.78, 5) is 50.0. The van der Waals surface area contributed by atoms with E-state index < -0.39 is 75.5 Å². The average Bonchev–Trinajstić information content (AvgIpc) is 3.18. The van der Waals surface area contributed by atoms with E-state index in [2.05, 4.69) is 10.0 Å². The number of esters is 3. The van der Waals surface area contributed by atoms with Crippen molar-refractivity contribution >= 4 is 23.9 Å². The maximum Gasteiger partial charge on any atom is 0.311 e. The number of carboxylic acids is 1. The van der Waals surface area contributed by atoms with Crippen LogP contribution in [0.4, 0.5) is 0 Å². The minimum atomic E-state index is -1.50. The first-order valence-electron chi connectivity index (χ1n) is 12.5. The molecule has 2 rings (SSSR count). The number of fused-ring (bicyclic) bond motifs is 1. The molecule has 1 aliphatic carbocycles. The van der Waals surface area contributed by atoms with Crippen molar-refractivity contribution in [1.29, 1.82) is 0 Å². The molecule has 38 heavy (non-hydrogen) atoms. The fourth-order valence-corrected chi connectivity index (χ4v) is 3.06. The van der Waals surface area contributed by atoms with Gasteiger partial charge in [-0.25, -0.2) is 0 Å². The summed E-state index contributed by atoms with van der Waals surface area (Å²) >= 11 is 0. The number of hydrogen-bond acceptors (Lipinski definition) is 9. The largest absolute Gasteiger partial charge is 0.481 e. The van der Waals surface area contributed by atoms with E-state index in [1.807, 2.05) is 0 Å². The minimum Gasteiger partial charge on any atom is -0.481 e. The van der Waals surface area contributed by atoms with Crippen LogP contribution in [0.2, 0.25) is 0 Å². The third-order valence-electron chi connectivity index (χ3n) is 5.70. The molecular formula is C26H43N3O9. The molecule has 12 nitrogen and oxygen atoms in total. The van der Waals surface area contributed by atoms with E-state index in [-0.39, 0.29) is 6.61 Å². The van der Waals surface area contributed by atoms with E-state index in [1.54, 1.807) is 83.1 Å². The number of nitrogens with zero attached hydrogens (tertiary/aromatic N) is 3. The van der Waals surface area contributed by atoms with Gasteiger partial charge in [-0.05, 0) is 88.6 Å². The number of carboxylic acid groups (broad SMARTS) is 1. The maximum atomic E-state index is 12.6. The van der Waals surface area contributed by atoms with Crippen LogP contribution in [0.1, 0.15) is 83.1 Å². The lowest BCUT2D eigenvalue weighted by Gasteiger charge is -2.28. The molecule has 0 bridgehead atoms. The van der Waals surface area contributed by atoms with Crippen molar-refractivity contribution < 1.29 is 43.2 Å². The number of azide groups is 1. The number of carbonyl (C=O) groups is 4. The van der Waals surface area contributed by atoms with Crippen LogP contribution in [0.15, 0.2) is 5.11 Å². The Morgan fingerprint density at radius 3 is 1.61 bits per heavy atom. The first kappa shape index (κ1) is 33.2. The highest BCUT2D eigenvalue weighted by molar-refractivity contribution is 5.77. The van der Waals surface area contributed by atoms with Crippen molar-refractivity contribution in [2.24, 2.45) is 32.7 Å². The number of carbonyl (C=O) groups excluding carboxylic acids is 3. The quantitative estimate of drug-likeness (QED) is 0.171. The van der Waals surface area contributed by atoms with Crippen molar-refractivity contribution in [3.8, 4) is 0 Å². The van der Waals surface area contributed by atoms with E-state index in [0.29, 0.717) is 0 Å². The molecular weight excluding hydrogens is 498 g/mol. The summed E-state index contributed by atoms with van der Waals surface area (Å²) in [5, 5.41) is 12.0. The molecule has 5 unspecified atom stereocenters. The zero-order valence-corrected chi connectivity index (χ0v) is 24.6. The van der Waals surface area contributed by atoms with Gasteiger partial charge in [0.2, 0.25) is 0 Å². The second kappa shape index (κ2) is 11.1. The van der Waals surface area contributed by atoms with Crippen LogP contribution in [0.3, 0.4) is 0 Å². The third-order valence-corrected chi connectivity index (χ3v) is 5.70. The summed E-state index contributed by atoms with van der Waals surface area (Å²) in [6, 6.07) is 0. The molecule has 0 spiro atoms. The Labute approximate surface area is 224 Å². The molecule has 1 aliphatic heterocycles. The van der Waals surface area contributed by atoms with Gasteiger partial charge < -0.3 is 24.1 Å². The van der Waals surface area contributed by atoms with Crippen LogP contribution >= 0.6 is 0 Å². The summed E-state index contributed by atoms with van der Waals surface area (Å²) in [6.07, 6.45) is -2.68. The second-order valence-electron chi connectivity index (χ2n) is 13.7. The van der Waals surface area contributed by atoms with Crippen LogP contribution in [0, 0.1) is 27.6 Å². The topological polar surface area (TPSA) is 174 Å². The van der Waals surface area contributed by atoms with Crippen LogP contribution in [0.25, 0.3) is 10.4 Å². The number of hydrogen-bond donors (Lipinski definition) is 1. The molecule has 2 aliphatic rings. The van der Waals surface area contributed by atoms with Gasteiger partial charge in [0.15, 0.2) is 5.72 Å².